The standard InChI is InChI=1S/C17H17F3N2O/c1-10-8-11(18)2-3-12(10)14-9-13(22-23-14)15-16(17(15,19)20)4-6-21-7-5-16/h2-3,8-9,15,21H,4-7H2,1H3. The monoisotopic (exact) mass is 322 g/mol. The van der Waals surface area contributed by atoms with Crippen molar-refractivity contribution in [3.63, 3.8) is 0 Å². The van der Waals surface area contributed by atoms with Gasteiger partial charge in [0.25, 0.3) is 5.92 Å². The van der Waals surface area contributed by atoms with Crippen LogP contribution in [0.2, 0.25) is 0 Å². The van der Waals surface area contributed by atoms with Crippen molar-refractivity contribution in [1.29, 1.82) is 0 Å². The van der Waals surface area contributed by atoms with Gasteiger partial charge in [0.2, 0.25) is 0 Å². The van der Waals surface area contributed by atoms with E-state index in [0.717, 1.165) is 0 Å². The van der Waals surface area contributed by atoms with E-state index in [2.05, 4.69) is 10.5 Å². The maximum atomic E-state index is 14.4. The van der Waals surface area contributed by atoms with Crippen LogP contribution in [0.25, 0.3) is 11.3 Å². The molecule has 23 heavy (non-hydrogen) atoms. The highest BCUT2D eigenvalue weighted by molar-refractivity contribution is 5.62. The summed E-state index contributed by atoms with van der Waals surface area (Å²) in [6, 6.07) is 5.87. The maximum Gasteiger partial charge on any atom is 0.263 e. The molecule has 4 rings (SSSR count). The molecule has 0 radical (unpaired) electrons. The Morgan fingerprint density at radius 3 is 2.65 bits per heavy atom. The van der Waals surface area contributed by atoms with Gasteiger partial charge in [-0.05, 0) is 56.6 Å². The second-order valence-corrected chi connectivity index (χ2v) is 6.54. The lowest BCUT2D eigenvalue weighted by Crippen LogP contribution is -2.32. The molecule has 2 fully saturated rings. The van der Waals surface area contributed by atoms with Gasteiger partial charge in [-0.2, -0.15) is 0 Å². The summed E-state index contributed by atoms with van der Waals surface area (Å²) in [6.45, 7) is 2.96. The molecule has 1 saturated heterocycles. The van der Waals surface area contributed by atoms with Crippen molar-refractivity contribution in [2.24, 2.45) is 5.41 Å². The average molecular weight is 322 g/mol. The fraction of sp³-hybridized carbons (Fsp3) is 0.471. The van der Waals surface area contributed by atoms with E-state index in [9.17, 15) is 13.2 Å². The zero-order valence-electron chi connectivity index (χ0n) is 12.7. The molecule has 1 spiro atoms. The van der Waals surface area contributed by atoms with Crippen molar-refractivity contribution in [2.45, 2.75) is 31.6 Å². The number of piperidine rings is 1. The number of nitrogens with zero attached hydrogens (tertiary/aromatic N) is 1. The van der Waals surface area contributed by atoms with E-state index in [1.165, 1.54) is 12.1 Å². The molecular formula is C17H17F3N2O. The molecule has 2 heterocycles. The molecule has 1 aliphatic carbocycles. The van der Waals surface area contributed by atoms with Gasteiger partial charge in [-0.3, -0.25) is 0 Å². The van der Waals surface area contributed by atoms with Crippen molar-refractivity contribution >= 4 is 0 Å². The lowest BCUT2D eigenvalue weighted by atomic mass is 9.90. The third-order valence-corrected chi connectivity index (χ3v) is 5.27. The molecule has 1 aromatic carbocycles. The van der Waals surface area contributed by atoms with E-state index in [1.807, 2.05) is 0 Å². The molecule has 0 bridgehead atoms. The first-order chi connectivity index (χ1) is 11.0. The normalized spacial score (nSPS) is 24.8. The minimum atomic E-state index is -2.74. The summed E-state index contributed by atoms with van der Waals surface area (Å²) in [5.41, 5.74) is 0.681. The first kappa shape index (κ1) is 14.8. The summed E-state index contributed by atoms with van der Waals surface area (Å²) in [4.78, 5) is 0. The second-order valence-electron chi connectivity index (χ2n) is 6.54. The third-order valence-electron chi connectivity index (χ3n) is 5.27. The number of hydrogen-bond acceptors (Lipinski definition) is 3. The number of halogens is 3. The fourth-order valence-electron chi connectivity index (χ4n) is 3.93. The van der Waals surface area contributed by atoms with Crippen molar-refractivity contribution in [2.75, 3.05) is 13.1 Å². The van der Waals surface area contributed by atoms with Gasteiger partial charge >= 0.3 is 0 Å². The molecule has 122 valence electrons. The van der Waals surface area contributed by atoms with Gasteiger partial charge in [-0.15, -0.1) is 0 Å². The number of hydrogen-bond donors (Lipinski definition) is 1. The summed E-state index contributed by atoms with van der Waals surface area (Å²) in [6.07, 6.45) is 0.894. The van der Waals surface area contributed by atoms with E-state index in [4.69, 9.17) is 4.52 Å². The molecule has 0 amide bonds. The molecule has 1 aliphatic heterocycles. The van der Waals surface area contributed by atoms with Gasteiger partial charge in [0.1, 0.15) is 5.82 Å². The van der Waals surface area contributed by atoms with Crippen molar-refractivity contribution in [3.05, 3.63) is 41.3 Å². The quantitative estimate of drug-likeness (QED) is 0.911. The average Bonchev–Trinajstić information content (AvgIpc) is 2.84. The summed E-state index contributed by atoms with van der Waals surface area (Å²) in [7, 11) is 0. The van der Waals surface area contributed by atoms with Crippen LogP contribution in [-0.4, -0.2) is 24.2 Å². The van der Waals surface area contributed by atoms with Crippen molar-refractivity contribution in [1.82, 2.24) is 10.5 Å². The van der Waals surface area contributed by atoms with Gasteiger partial charge in [0.15, 0.2) is 5.76 Å². The predicted octanol–water partition coefficient (Wildman–Crippen LogP) is 3.89. The smallest absolute Gasteiger partial charge is 0.263 e. The molecule has 1 unspecified atom stereocenters. The highest BCUT2D eigenvalue weighted by Gasteiger charge is 2.80. The van der Waals surface area contributed by atoms with Crippen LogP contribution in [0.3, 0.4) is 0 Å². The molecule has 1 atom stereocenters. The van der Waals surface area contributed by atoms with Crippen LogP contribution in [0.15, 0.2) is 28.8 Å². The molecule has 6 heteroatoms. The fourth-order valence-corrected chi connectivity index (χ4v) is 3.93. The number of alkyl halides is 2. The van der Waals surface area contributed by atoms with Gasteiger partial charge in [-0.25, -0.2) is 13.2 Å². The van der Waals surface area contributed by atoms with Crippen molar-refractivity contribution in [3.8, 4) is 11.3 Å². The molecule has 3 nitrogen and oxygen atoms in total. The summed E-state index contributed by atoms with van der Waals surface area (Å²) >= 11 is 0. The zero-order valence-corrected chi connectivity index (χ0v) is 12.7. The van der Waals surface area contributed by atoms with Gasteiger partial charge in [0.05, 0.1) is 17.0 Å². The highest BCUT2D eigenvalue weighted by atomic mass is 19.3. The highest BCUT2D eigenvalue weighted by Crippen LogP contribution is 2.74. The number of benzene rings is 1. The largest absolute Gasteiger partial charge is 0.356 e. The Morgan fingerprint density at radius 2 is 1.96 bits per heavy atom. The summed E-state index contributed by atoms with van der Waals surface area (Å²) in [5.74, 6) is -3.55. The Labute approximate surface area is 131 Å². The van der Waals surface area contributed by atoms with E-state index in [-0.39, 0.29) is 5.82 Å². The van der Waals surface area contributed by atoms with Crippen LogP contribution in [0.1, 0.15) is 30.0 Å². The zero-order chi connectivity index (χ0) is 16.2. The van der Waals surface area contributed by atoms with Gasteiger partial charge < -0.3 is 9.84 Å². The molecule has 1 aromatic heterocycles. The Kier molecular flexibility index (Phi) is 3.10. The Morgan fingerprint density at radius 1 is 1.22 bits per heavy atom. The lowest BCUT2D eigenvalue weighted by Gasteiger charge is -2.22. The first-order valence-corrected chi connectivity index (χ1v) is 7.77. The Hall–Kier alpha value is -1.82. The minimum Gasteiger partial charge on any atom is -0.356 e. The first-order valence-electron chi connectivity index (χ1n) is 7.77. The number of rotatable bonds is 2. The van der Waals surface area contributed by atoms with Crippen LogP contribution < -0.4 is 5.32 Å². The molecular weight excluding hydrogens is 305 g/mol. The second kappa shape index (κ2) is 4.84. The molecule has 2 aromatic rings. The van der Waals surface area contributed by atoms with Crippen LogP contribution in [0.4, 0.5) is 13.2 Å². The molecule has 1 saturated carbocycles. The summed E-state index contributed by atoms with van der Waals surface area (Å²) < 4.78 is 47.3. The van der Waals surface area contributed by atoms with Crippen LogP contribution in [0, 0.1) is 18.2 Å². The summed E-state index contributed by atoms with van der Waals surface area (Å²) in [5, 5.41) is 7.02. The van der Waals surface area contributed by atoms with E-state index < -0.39 is 17.3 Å². The Balaban J connectivity index is 1.66. The molecule has 1 N–H and O–H groups in total. The van der Waals surface area contributed by atoms with Crippen molar-refractivity contribution < 1.29 is 17.7 Å². The molecule has 2 aliphatic rings. The van der Waals surface area contributed by atoms with Gasteiger partial charge in [0, 0.05) is 11.6 Å². The number of nitrogens with one attached hydrogen (secondary N) is 1. The third kappa shape index (κ3) is 2.04. The maximum absolute atomic E-state index is 14.4. The minimum absolute atomic E-state index is 0.302. The van der Waals surface area contributed by atoms with E-state index in [1.54, 1.807) is 19.1 Å². The number of aryl methyl sites for hydroxylation is 1. The predicted molar refractivity (Wildman–Crippen MR) is 78.9 cm³/mol. The lowest BCUT2D eigenvalue weighted by molar-refractivity contribution is 0.0491. The SMILES string of the molecule is Cc1cc(F)ccc1-c1cc(C2C(F)(F)C23CCNCC3)no1. The van der Waals surface area contributed by atoms with Crippen LogP contribution >= 0.6 is 0 Å². The topological polar surface area (TPSA) is 38.1 Å². The van der Waals surface area contributed by atoms with Crippen LogP contribution in [-0.2, 0) is 0 Å². The van der Waals surface area contributed by atoms with Crippen LogP contribution in [0.5, 0.6) is 0 Å². The van der Waals surface area contributed by atoms with Gasteiger partial charge in [-0.1, -0.05) is 5.16 Å². The Bertz CT molecular complexity index is 750. The number of aromatic nitrogens is 1. The van der Waals surface area contributed by atoms with E-state index >= 15 is 0 Å². The van der Waals surface area contributed by atoms with E-state index in [0.29, 0.717) is 48.5 Å².